The van der Waals surface area contributed by atoms with Gasteiger partial charge in [0.05, 0.1) is 10.2 Å². The van der Waals surface area contributed by atoms with Crippen LogP contribution in [0.15, 0.2) is 34.2 Å². The van der Waals surface area contributed by atoms with Gasteiger partial charge in [-0.2, -0.15) is 4.98 Å². The number of imidazole rings is 1. The van der Waals surface area contributed by atoms with Gasteiger partial charge in [-0.1, -0.05) is 0 Å². The van der Waals surface area contributed by atoms with Gasteiger partial charge in [-0.3, -0.25) is 4.40 Å². The van der Waals surface area contributed by atoms with Crippen molar-refractivity contribution in [2.45, 2.75) is 6.42 Å². The number of halogens is 2. The van der Waals surface area contributed by atoms with Crippen molar-refractivity contribution in [1.29, 1.82) is 0 Å². The van der Waals surface area contributed by atoms with E-state index in [4.69, 9.17) is 10.5 Å². The second-order valence-electron chi connectivity index (χ2n) is 4.14. The van der Waals surface area contributed by atoms with Crippen LogP contribution < -0.4 is 10.5 Å². The average Bonchev–Trinajstić information content (AvgIpc) is 2.98. The summed E-state index contributed by atoms with van der Waals surface area (Å²) in [5, 5.41) is 1.95. The van der Waals surface area contributed by atoms with E-state index in [9.17, 15) is 4.39 Å². The van der Waals surface area contributed by atoms with Crippen molar-refractivity contribution >= 4 is 32.2 Å². The highest BCUT2D eigenvalue weighted by Crippen LogP contribution is 2.29. The summed E-state index contributed by atoms with van der Waals surface area (Å²) in [5.74, 6) is 0.516. The molecule has 0 unspecified atom stereocenters. The highest BCUT2D eigenvalue weighted by molar-refractivity contribution is 9.10. The molecule has 3 aromatic rings. The van der Waals surface area contributed by atoms with E-state index in [-0.39, 0.29) is 5.82 Å². The number of hydrogen-bond acceptors (Lipinski definition) is 4. The Bertz CT molecular complexity index is 755. The zero-order valence-electron chi connectivity index (χ0n) is 10.3. The van der Waals surface area contributed by atoms with Crippen molar-refractivity contribution in [3.8, 4) is 11.6 Å². The van der Waals surface area contributed by atoms with E-state index in [0.29, 0.717) is 29.1 Å². The zero-order valence-corrected chi connectivity index (χ0v) is 12.7. The van der Waals surface area contributed by atoms with Crippen molar-refractivity contribution in [2.75, 3.05) is 6.54 Å². The van der Waals surface area contributed by atoms with Crippen LogP contribution in [0.1, 0.15) is 5.69 Å². The van der Waals surface area contributed by atoms with Gasteiger partial charge in [0.15, 0.2) is 4.96 Å². The van der Waals surface area contributed by atoms with E-state index in [1.807, 2.05) is 16.0 Å². The van der Waals surface area contributed by atoms with Gasteiger partial charge in [-0.25, -0.2) is 4.39 Å². The van der Waals surface area contributed by atoms with Crippen LogP contribution in [-0.2, 0) is 6.42 Å². The molecule has 0 saturated carbocycles. The first-order valence-electron chi connectivity index (χ1n) is 5.96. The first kappa shape index (κ1) is 13.5. The Hall–Kier alpha value is -1.44. The van der Waals surface area contributed by atoms with Crippen LogP contribution in [0, 0.1) is 5.82 Å². The smallest absolute Gasteiger partial charge is 0.242 e. The first-order valence-corrected chi connectivity index (χ1v) is 7.63. The number of benzene rings is 1. The lowest BCUT2D eigenvalue weighted by atomic mass is 10.3. The number of thiazole rings is 1. The van der Waals surface area contributed by atoms with Crippen LogP contribution in [0.5, 0.6) is 11.6 Å². The van der Waals surface area contributed by atoms with Crippen LogP contribution in [0.4, 0.5) is 4.39 Å². The second kappa shape index (κ2) is 5.51. The molecule has 2 heterocycles. The lowest BCUT2D eigenvalue weighted by molar-refractivity contribution is 0.454. The minimum Gasteiger partial charge on any atom is -0.437 e. The third-order valence-corrected chi connectivity index (χ3v) is 4.21. The molecular weight excluding hydrogens is 345 g/mol. The molecule has 0 amide bonds. The summed E-state index contributed by atoms with van der Waals surface area (Å²) in [6.45, 7) is 0.495. The zero-order chi connectivity index (χ0) is 14.1. The summed E-state index contributed by atoms with van der Waals surface area (Å²) in [4.78, 5) is 5.24. The molecule has 0 aliphatic rings. The quantitative estimate of drug-likeness (QED) is 0.777. The van der Waals surface area contributed by atoms with Crippen LogP contribution in [0.2, 0.25) is 0 Å². The lowest BCUT2D eigenvalue weighted by Gasteiger charge is -2.06. The average molecular weight is 356 g/mol. The van der Waals surface area contributed by atoms with E-state index in [1.54, 1.807) is 12.1 Å². The van der Waals surface area contributed by atoms with Gasteiger partial charge in [0.1, 0.15) is 11.6 Å². The van der Waals surface area contributed by atoms with E-state index >= 15 is 0 Å². The minimum atomic E-state index is -0.371. The SMILES string of the molecule is NCCc1c(Oc2ccc(Br)c(F)c2)nc2sccn12. The molecule has 1 aromatic carbocycles. The van der Waals surface area contributed by atoms with Crippen molar-refractivity contribution in [1.82, 2.24) is 9.38 Å². The molecule has 4 nitrogen and oxygen atoms in total. The van der Waals surface area contributed by atoms with E-state index in [0.717, 1.165) is 10.7 Å². The molecule has 0 fully saturated rings. The monoisotopic (exact) mass is 355 g/mol. The second-order valence-corrected chi connectivity index (χ2v) is 5.86. The van der Waals surface area contributed by atoms with Crippen molar-refractivity contribution in [3.63, 3.8) is 0 Å². The summed E-state index contributed by atoms with van der Waals surface area (Å²) >= 11 is 4.62. The van der Waals surface area contributed by atoms with Crippen molar-refractivity contribution < 1.29 is 9.13 Å². The summed E-state index contributed by atoms with van der Waals surface area (Å²) in [5.41, 5.74) is 6.52. The van der Waals surface area contributed by atoms with Crippen LogP contribution in [0.25, 0.3) is 4.96 Å². The maximum atomic E-state index is 13.5. The Morgan fingerprint density at radius 1 is 1.45 bits per heavy atom. The number of rotatable bonds is 4. The Morgan fingerprint density at radius 3 is 3.05 bits per heavy atom. The van der Waals surface area contributed by atoms with Gasteiger partial charge in [-0.15, -0.1) is 11.3 Å². The number of aromatic nitrogens is 2. The highest BCUT2D eigenvalue weighted by atomic mass is 79.9. The summed E-state index contributed by atoms with van der Waals surface area (Å²) in [7, 11) is 0. The van der Waals surface area contributed by atoms with Gasteiger partial charge in [0.25, 0.3) is 0 Å². The summed E-state index contributed by atoms with van der Waals surface area (Å²) in [6, 6.07) is 4.61. The Morgan fingerprint density at radius 2 is 2.30 bits per heavy atom. The Balaban J connectivity index is 1.98. The van der Waals surface area contributed by atoms with Gasteiger partial charge in [0.2, 0.25) is 5.88 Å². The van der Waals surface area contributed by atoms with Gasteiger partial charge in [-0.05, 0) is 34.6 Å². The van der Waals surface area contributed by atoms with Crippen molar-refractivity contribution in [2.24, 2.45) is 5.73 Å². The van der Waals surface area contributed by atoms with E-state index in [1.165, 1.54) is 17.4 Å². The predicted molar refractivity (Wildman–Crippen MR) is 80.0 cm³/mol. The maximum Gasteiger partial charge on any atom is 0.242 e. The van der Waals surface area contributed by atoms with Gasteiger partial charge >= 0.3 is 0 Å². The molecule has 2 N–H and O–H groups in total. The number of ether oxygens (including phenoxy) is 1. The standard InChI is InChI=1S/C13H11BrFN3OS/c14-9-2-1-8(7-10(9)15)19-12-11(3-4-16)18-5-6-20-13(18)17-12/h1-2,5-7H,3-4,16H2. The largest absolute Gasteiger partial charge is 0.437 e. The van der Waals surface area contributed by atoms with Gasteiger partial charge < -0.3 is 10.5 Å². The van der Waals surface area contributed by atoms with Crippen LogP contribution >= 0.6 is 27.3 Å². The molecule has 3 rings (SSSR count). The lowest BCUT2D eigenvalue weighted by Crippen LogP contribution is -2.05. The van der Waals surface area contributed by atoms with E-state index < -0.39 is 0 Å². The fraction of sp³-hybridized carbons (Fsp3) is 0.154. The normalized spacial score (nSPS) is 11.2. The summed E-state index contributed by atoms with van der Waals surface area (Å²) in [6.07, 6.45) is 2.57. The first-order chi connectivity index (χ1) is 9.69. The molecule has 0 aliphatic carbocycles. The number of fused-ring (bicyclic) bond motifs is 1. The molecule has 2 aromatic heterocycles. The molecule has 0 spiro atoms. The molecule has 0 bridgehead atoms. The molecule has 104 valence electrons. The maximum absolute atomic E-state index is 13.5. The minimum absolute atomic E-state index is 0.371. The van der Waals surface area contributed by atoms with Crippen LogP contribution in [0.3, 0.4) is 0 Å². The molecule has 0 radical (unpaired) electrons. The molecular formula is C13H11BrFN3OS. The number of hydrogen-bond donors (Lipinski definition) is 1. The van der Waals surface area contributed by atoms with Gasteiger partial charge in [0, 0.05) is 24.1 Å². The molecule has 0 saturated heterocycles. The third-order valence-electron chi connectivity index (χ3n) is 2.81. The predicted octanol–water partition coefficient (Wildman–Crippen LogP) is 3.59. The van der Waals surface area contributed by atoms with Crippen LogP contribution in [-0.4, -0.2) is 15.9 Å². The molecule has 0 atom stereocenters. The molecule has 7 heteroatoms. The molecule has 0 aliphatic heterocycles. The number of nitrogens with zero attached hydrogens (tertiary/aromatic N) is 2. The van der Waals surface area contributed by atoms with E-state index in [2.05, 4.69) is 20.9 Å². The highest BCUT2D eigenvalue weighted by Gasteiger charge is 2.15. The van der Waals surface area contributed by atoms with Crippen molar-refractivity contribution in [3.05, 3.63) is 45.8 Å². The fourth-order valence-corrected chi connectivity index (χ4v) is 2.88. The number of nitrogens with two attached hydrogens (primary N) is 1. The topological polar surface area (TPSA) is 52.5 Å². The Kier molecular flexibility index (Phi) is 3.73. The fourth-order valence-electron chi connectivity index (χ4n) is 1.91. The summed E-state index contributed by atoms with van der Waals surface area (Å²) < 4.78 is 21.6. The Labute approximate surface area is 127 Å². The molecule has 20 heavy (non-hydrogen) atoms. The third kappa shape index (κ3) is 2.44.